The van der Waals surface area contributed by atoms with Crippen molar-refractivity contribution >= 4 is 22.4 Å². The lowest BCUT2D eigenvalue weighted by Crippen LogP contribution is -2.19. The number of fused-ring (bicyclic) bond motifs is 1. The molecule has 3 rings (SSSR count). The molecule has 0 radical (unpaired) electrons. The molecule has 0 bridgehead atoms. The van der Waals surface area contributed by atoms with Crippen LogP contribution in [0.4, 0.5) is 5.69 Å². The van der Waals surface area contributed by atoms with Gasteiger partial charge in [0.15, 0.2) is 0 Å². The van der Waals surface area contributed by atoms with Crippen molar-refractivity contribution in [3.63, 3.8) is 0 Å². The average Bonchev–Trinajstić information content (AvgIpc) is 2.63. The number of ether oxygens (including phenoxy) is 1. The second kappa shape index (κ2) is 7.04. The zero-order valence-corrected chi connectivity index (χ0v) is 13.6. The van der Waals surface area contributed by atoms with Gasteiger partial charge in [0, 0.05) is 12.1 Å². The standard InChI is InChI=1S/C18H17N3O4/c1-25-13-6-2-11(3-7-13)4-9-16(22)19-12-5-8-14-15(10-12)18(24)21-20-17(14)23/h2-3,5-8,10H,4,9H2,1H3,(H,19,22)(H,20,23)(H,21,24). The van der Waals surface area contributed by atoms with Crippen LogP contribution in [0.3, 0.4) is 0 Å². The highest BCUT2D eigenvalue weighted by Gasteiger charge is 2.07. The fraction of sp³-hybridized carbons (Fsp3) is 0.167. The van der Waals surface area contributed by atoms with E-state index in [0.717, 1.165) is 11.3 Å². The fourth-order valence-electron chi connectivity index (χ4n) is 2.53. The zero-order chi connectivity index (χ0) is 17.8. The van der Waals surface area contributed by atoms with Crippen LogP contribution in [0.1, 0.15) is 12.0 Å². The Morgan fingerprint density at radius 3 is 2.36 bits per heavy atom. The third kappa shape index (κ3) is 3.77. The molecule has 1 heterocycles. The van der Waals surface area contributed by atoms with Crippen molar-refractivity contribution in [3.05, 3.63) is 68.7 Å². The number of aryl methyl sites for hydroxylation is 1. The van der Waals surface area contributed by atoms with Gasteiger partial charge < -0.3 is 10.1 Å². The first-order valence-corrected chi connectivity index (χ1v) is 7.74. The SMILES string of the molecule is COc1ccc(CCC(=O)Nc2ccc3c(=O)[nH][nH]c(=O)c3c2)cc1. The molecule has 128 valence electrons. The van der Waals surface area contributed by atoms with E-state index in [9.17, 15) is 14.4 Å². The van der Waals surface area contributed by atoms with E-state index in [-0.39, 0.29) is 22.2 Å². The minimum absolute atomic E-state index is 0.170. The maximum atomic E-state index is 12.1. The highest BCUT2D eigenvalue weighted by molar-refractivity contribution is 5.94. The van der Waals surface area contributed by atoms with Gasteiger partial charge in [-0.2, -0.15) is 0 Å². The molecule has 0 unspecified atom stereocenters. The summed E-state index contributed by atoms with van der Waals surface area (Å²) in [6.07, 6.45) is 0.889. The van der Waals surface area contributed by atoms with E-state index in [4.69, 9.17) is 4.74 Å². The van der Waals surface area contributed by atoms with Gasteiger partial charge in [-0.25, -0.2) is 0 Å². The molecule has 0 aliphatic carbocycles. The van der Waals surface area contributed by atoms with Crippen molar-refractivity contribution in [2.75, 3.05) is 12.4 Å². The number of benzene rings is 2. The molecule has 0 aliphatic heterocycles. The number of amides is 1. The largest absolute Gasteiger partial charge is 0.497 e. The molecule has 1 amide bonds. The number of methoxy groups -OCH3 is 1. The Balaban J connectivity index is 1.68. The second-order valence-electron chi connectivity index (χ2n) is 5.56. The van der Waals surface area contributed by atoms with Gasteiger partial charge in [-0.05, 0) is 42.3 Å². The number of carbonyl (C=O) groups excluding carboxylic acids is 1. The molecule has 0 saturated heterocycles. The minimum atomic E-state index is -0.413. The predicted molar refractivity (Wildman–Crippen MR) is 95.1 cm³/mol. The van der Waals surface area contributed by atoms with Gasteiger partial charge in [-0.1, -0.05) is 12.1 Å². The molecular weight excluding hydrogens is 322 g/mol. The quantitative estimate of drug-likeness (QED) is 0.659. The topological polar surface area (TPSA) is 104 Å². The summed E-state index contributed by atoms with van der Waals surface area (Å²) >= 11 is 0. The smallest absolute Gasteiger partial charge is 0.270 e. The Morgan fingerprint density at radius 1 is 1.00 bits per heavy atom. The first-order valence-electron chi connectivity index (χ1n) is 7.74. The molecule has 1 aromatic heterocycles. The van der Waals surface area contributed by atoms with Crippen LogP contribution in [0.25, 0.3) is 10.8 Å². The van der Waals surface area contributed by atoms with Crippen molar-refractivity contribution in [2.45, 2.75) is 12.8 Å². The Bertz CT molecular complexity index is 1020. The first-order chi connectivity index (χ1) is 12.1. The highest BCUT2D eigenvalue weighted by atomic mass is 16.5. The highest BCUT2D eigenvalue weighted by Crippen LogP contribution is 2.15. The van der Waals surface area contributed by atoms with Gasteiger partial charge in [-0.3, -0.25) is 24.6 Å². The fourth-order valence-corrected chi connectivity index (χ4v) is 2.53. The Morgan fingerprint density at radius 2 is 1.68 bits per heavy atom. The summed E-state index contributed by atoms with van der Waals surface area (Å²) < 4.78 is 5.10. The average molecular weight is 339 g/mol. The van der Waals surface area contributed by atoms with E-state index >= 15 is 0 Å². The van der Waals surface area contributed by atoms with Crippen molar-refractivity contribution in [1.82, 2.24) is 10.2 Å². The molecule has 0 atom stereocenters. The van der Waals surface area contributed by atoms with Gasteiger partial charge in [0.2, 0.25) is 5.91 Å². The molecule has 2 aromatic carbocycles. The summed E-state index contributed by atoms with van der Waals surface area (Å²) in [4.78, 5) is 35.5. The summed E-state index contributed by atoms with van der Waals surface area (Å²) in [5.41, 5.74) is 0.705. The zero-order valence-electron chi connectivity index (χ0n) is 13.6. The third-order valence-electron chi connectivity index (χ3n) is 3.88. The molecule has 25 heavy (non-hydrogen) atoms. The summed E-state index contributed by atoms with van der Waals surface area (Å²) in [5.74, 6) is 0.598. The Labute approximate surface area is 142 Å². The van der Waals surface area contributed by atoms with Crippen molar-refractivity contribution in [3.8, 4) is 5.75 Å². The predicted octanol–water partition coefficient (Wildman–Crippen LogP) is 1.80. The van der Waals surface area contributed by atoms with Crippen LogP contribution in [0.5, 0.6) is 5.75 Å². The normalized spacial score (nSPS) is 10.6. The van der Waals surface area contributed by atoms with E-state index in [1.165, 1.54) is 12.1 Å². The second-order valence-corrected chi connectivity index (χ2v) is 5.56. The number of aromatic amines is 2. The number of rotatable bonds is 5. The molecule has 0 saturated carbocycles. The molecule has 0 spiro atoms. The third-order valence-corrected chi connectivity index (χ3v) is 3.88. The number of carbonyl (C=O) groups is 1. The van der Waals surface area contributed by atoms with Crippen LogP contribution in [0, 0.1) is 0 Å². The molecule has 0 fully saturated rings. The summed E-state index contributed by atoms with van der Waals surface area (Å²) in [6, 6.07) is 12.1. The van der Waals surface area contributed by atoms with E-state index in [0.29, 0.717) is 18.5 Å². The van der Waals surface area contributed by atoms with Crippen LogP contribution >= 0.6 is 0 Å². The monoisotopic (exact) mass is 339 g/mol. The molecule has 0 aliphatic rings. The van der Waals surface area contributed by atoms with E-state index in [1.54, 1.807) is 13.2 Å². The van der Waals surface area contributed by atoms with Crippen molar-refractivity contribution < 1.29 is 9.53 Å². The summed E-state index contributed by atoms with van der Waals surface area (Å²) in [7, 11) is 1.60. The number of nitrogens with one attached hydrogen (secondary N) is 3. The Hall–Kier alpha value is -3.35. The molecule has 3 aromatic rings. The maximum absolute atomic E-state index is 12.1. The number of H-pyrrole nitrogens is 2. The summed E-state index contributed by atoms with van der Waals surface area (Å²) in [6.45, 7) is 0. The number of hydrogen-bond donors (Lipinski definition) is 3. The van der Waals surface area contributed by atoms with Crippen molar-refractivity contribution in [1.29, 1.82) is 0 Å². The molecular formula is C18H17N3O4. The lowest BCUT2D eigenvalue weighted by molar-refractivity contribution is -0.116. The van der Waals surface area contributed by atoms with Gasteiger partial charge in [-0.15, -0.1) is 0 Å². The summed E-state index contributed by atoms with van der Waals surface area (Å²) in [5, 5.41) is 7.78. The molecule has 7 nitrogen and oxygen atoms in total. The number of aromatic nitrogens is 2. The van der Waals surface area contributed by atoms with Gasteiger partial charge in [0.05, 0.1) is 17.9 Å². The van der Waals surface area contributed by atoms with Crippen LogP contribution in [-0.4, -0.2) is 23.2 Å². The van der Waals surface area contributed by atoms with Gasteiger partial charge in [0.25, 0.3) is 11.1 Å². The number of hydrogen-bond acceptors (Lipinski definition) is 4. The van der Waals surface area contributed by atoms with E-state index < -0.39 is 5.56 Å². The van der Waals surface area contributed by atoms with Crippen LogP contribution in [0.2, 0.25) is 0 Å². The molecule has 7 heteroatoms. The van der Waals surface area contributed by atoms with Crippen LogP contribution in [-0.2, 0) is 11.2 Å². The molecule has 3 N–H and O–H groups in total. The minimum Gasteiger partial charge on any atom is -0.497 e. The van der Waals surface area contributed by atoms with Gasteiger partial charge >= 0.3 is 0 Å². The lowest BCUT2D eigenvalue weighted by atomic mass is 10.1. The number of anilines is 1. The van der Waals surface area contributed by atoms with Gasteiger partial charge in [0.1, 0.15) is 5.75 Å². The van der Waals surface area contributed by atoms with E-state index in [2.05, 4.69) is 15.5 Å². The maximum Gasteiger partial charge on any atom is 0.270 e. The lowest BCUT2D eigenvalue weighted by Gasteiger charge is -2.07. The van der Waals surface area contributed by atoms with E-state index in [1.807, 2.05) is 24.3 Å². The van der Waals surface area contributed by atoms with Crippen LogP contribution < -0.4 is 21.2 Å². The van der Waals surface area contributed by atoms with Crippen LogP contribution in [0.15, 0.2) is 52.1 Å². The van der Waals surface area contributed by atoms with Crippen molar-refractivity contribution in [2.24, 2.45) is 0 Å². The first kappa shape index (κ1) is 16.5. The Kier molecular flexibility index (Phi) is 4.65.